The highest BCUT2D eigenvalue weighted by Gasteiger charge is 2.53. The third-order valence-electron chi connectivity index (χ3n) is 4.11. The van der Waals surface area contributed by atoms with Crippen molar-refractivity contribution < 1.29 is 14.7 Å². The van der Waals surface area contributed by atoms with Gasteiger partial charge in [-0.25, -0.2) is 4.79 Å². The fourth-order valence-electron chi connectivity index (χ4n) is 2.53. The largest absolute Gasteiger partial charge is 0.481 e. The molecule has 0 aromatic carbocycles. The summed E-state index contributed by atoms with van der Waals surface area (Å²) in [5.74, 6) is 0.0111. The Morgan fingerprint density at radius 1 is 1.39 bits per heavy atom. The SMILES string of the molecule is CC(CCC(=O)O)NC(=O)NCC1(C2CC2)CC1. The van der Waals surface area contributed by atoms with E-state index in [0.717, 1.165) is 12.5 Å². The van der Waals surface area contributed by atoms with E-state index >= 15 is 0 Å². The first kappa shape index (κ1) is 13.2. The maximum atomic E-state index is 11.6. The van der Waals surface area contributed by atoms with Gasteiger partial charge in [0.2, 0.25) is 0 Å². The minimum atomic E-state index is -0.824. The molecule has 2 fully saturated rings. The summed E-state index contributed by atoms with van der Waals surface area (Å²) in [4.78, 5) is 22.1. The Morgan fingerprint density at radius 2 is 2.06 bits per heavy atom. The number of hydrogen-bond donors (Lipinski definition) is 3. The molecule has 0 aromatic heterocycles. The fraction of sp³-hybridized carbons (Fsp3) is 0.846. The molecule has 2 aliphatic rings. The Labute approximate surface area is 107 Å². The maximum Gasteiger partial charge on any atom is 0.315 e. The van der Waals surface area contributed by atoms with Crippen molar-refractivity contribution in [1.29, 1.82) is 0 Å². The normalized spacial score (nSPS) is 22.1. The van der Waals surface area contributed by atoms with Gasteiger partial charge in [0, 0.05) is 19.0 Å². The average molecular weight is 254 g/mol. The van der Waals surface area contributed by atoms with E-state index in [0.29, 0.717) is 11.8 Å². The van der Waals surface area contributed by atoms with Crippen molar-refractivity contribution >= 4 is 12.0 Å². The third-order valence-corrected chi connectivity index (χ3v) is 4.11. The van der Waals surface area contributed by atoms with Gasteiger partial charge in [-0.05, 0) is 50.4 Å². The van der Waals surface area contributed by atoms with Crippen molar-refractivity contribution in [2.75, 3.05) is 6.54 Å². The Balaban J connectivity index is 1.61. The van der Waals surface area contributed by atoms with Crippen LogP contribution in [-0.4, -0.2) is 29.7 Å². The molecule has 0 heterocycles. The zero-order chi connectivity index (χ0) is 13.2. The number of nitrogens with one attached hydrogen (secondary N) is 2. The van der Waals surface area contributed by atoms with Gasteiger partial charge in [0.1, 0.15) is 0 Å². The fourth-order valence-corrected chi connectivity index (χ4v) is 2.53. The molecule has 5 heteroatoms. The van der Waals surface area contributed by atoms with E-state index in [1.807, 2.05) is 6.92 Å². The number of carboxylic acids is 1. The highest BCUT2D eigenvalue weighted by molar-refractivity contribution is 5.74. The smallest absolute Gasteiger partial charge is 0.315 e. The van der Waals surface area contributed by atoms with Crippen molar-refractivity contribution in [3.05, 3.63) is 0 Å². The van der Waals surface area contributed by atoms with E-state index in [-0.39, 0.29) is 18.5 Å². The molecule has 3 N–H and O–H groups in total. The highest BCUT2D eigenvalue weighted by atomic mass is 16.4. The number of carbonyl (C=O) groups is 2. The number of carboxylic acid groups (broad SMARTS) is 1. The van der Waals surface area contributed by atoms with Crippen LogP contribution >= 0.6 is 0 Å². The minimum absolute atomic E-state index is 0.0907. The van der Waals surface area contributed by atoms with Crippen LogP contribution in [0.1, 0.15) is 45.4 Å². The van der Waals surface area contributed by atoms with Gasteiger partial charge < -0.3 is 15.7 Å². The number of carbonyl (C=O) groups excluding carboxylic acids is 1. The molecule has 18 heavy (non-hydrogen) atoms. The van der Waals surface area contributed by atoms with Crippen molar-refractivity contribution in [2.45, 2.75) is 51.5 Å². The summed E-state index contributed by atoms with van der Waals surface area (Å²) in [5.41, 5.74) is 0.404. The first-order chi connectivity index (χ1) is 8.52. The van der Waals surface area contributed by atoms with E-state index in [9.17, 15) is 9.59 Å². The Morgan fingerprint density at radius 3 is 2.56 bits per heavy atom. The van der Waals surface area contributed by atoms with Crippen LogP contribution in [0.5, 0.6) is 0 Å². The average Bonchev–Trinajstić information content (AvgIpc) is 3.14. The molecular formula is C13H22N2O3. The molecule has 5 nitrogen and oxygen atoms in total. The molecular weight excluding hydrogens is 232 g/mol. The van der Waals surface area contributed by atoms with E-state index in [1.165, 1.54) is 25.7 Å². The van der Waals surface area contributed by atoms with E-state index in [4.69, 9.17) is 5.11 Å². The second-order valence-corrected chi connectivity index (χ2v) is 5.80. The van der Waals surface area contributed by atoms with Crippen LogP contribution in [0.15, 0.2) is 0 Å². The van der Waals surface area contributed by atoms with Gasteiger partial charge in [-0.3, -0.25) is 4.79 Å². The predicted octanol–water partition coefficient (Wildman–Crippen LogP) is 1.73. The molecule has 0 saturated heterocycles. The van der Waals surface area contributed by atoms with Gasteiger partial charge in [-0.15, -0.1) is 0 Å². The molecule has 0 radical (unpaired) electrons. The van der Waals surface area contributed by atoms with Crippen LogP contribution < -0.4 is 10.6 Å². The lowest BCUT2D eigenvalue weighted by Gasteiger charge is -2.17. The molecule has 2 aliphatic carbocycles. The Kier molecular flexibility index (Phi) is 3.78. The molecule has 1 atom stereocenters. The molecule has 2 rings (SSSR count). The lowest BCUT2D eigenvalue weighted by Crippen LogP contribution is -2.43. The first-order valence-corrected chi connectivity index (χ1v) is 6.78. The number of urea groups is 1. The van der Waals surface area contributed by atoms with Gasteiger partial charge >= 0.3 is 12.0 Å². The quantitative estimate of drug-likeness (QED) is 0.647. The highest BCUT2D eigenvalue weighted by Crippen LogP contribution is 2.60. The van der Waals surface area contributed by atoms with Crippen LogP contribution in [0.4, 0.5) is 4.79 Å². The lowest BCUT2D eigenvalue weighted by molar-refractivity contribution is -0.137. The van der Waals surface area contributed by atoms with Crippen molar-refractivity contribution in [3.8, 4) is 0 Å². The third kappa shape index (κ3) is 3.62. The molecule has 0 bridgehead atoms. The van der Waals surface area contributed by atoms with Gasteiger partial charge in [0.05, 0.1) is 0 Å². The summed E-state index contributed by atoms with van der Waals surface area (Å²) < 4.78 is 0. The topological polar surface area (TPSA) is 78.4 Å². The van der Waals surface area contributed by atoms with Crippen LogP contribution in [0.2, 0.25) is 0 Å². The number of hydrogen-bond acceptors (Lipinski definition) is 2. The van der Waals surface area contributed by atoms with Crippen molar-refractivity contribution in [3.63, 3.8) is 0 Å². The number of aliphatic carboxylic acids is 1. The van der Waals surface area contributed by atoms with Gasteiger partial charge in [-0.2, -0.15) is 0 Å². The number of rotatable bonds is 7. The van der Waals surface area contributed by atoms with E-state index in [1.54, 1.807) is 0 Å². The predicted molar refractivity (Wildman–Crippen MR) is 67.3 cm³/mol. The Bertz CT molecular complexity index is 335. The second-order valence-electron chi connectivity index (χ2n) is 5.80. The second kappa shape index (κ2) is 5.16. The van der Waals surface area contributed by atoms with Crippen LogP contribution in [0.3, 0.4) is 0 Å². The molecule has 0 aromatic rings. The lowest BCUT2D eigenvalue weighted by atomic mass is 10.0. The summed E-state index contributed by atoms with van der Waals surface area (Å²) in [7, 11) is 0. The number of amides is 2. The minimum Gasteiger partial charge on any atom is -0.481 e. The monoisotopic (exact) mass is 254 g/mol. The van der Waals surface area contributed by atoms with Crippen LogP contribution in [-0.2, 0) is 4.79 Å². The molecule has 0 spiro atoms. The molecule has 1 unspecified atom stereocenters. The van der Waals surface area contributed by atoms with E-state index < -0.39 is 5.97 Å². The summed E-state index contributed by atoms with van der Waals surface area (Å²) in [6.45, 7) is 2.60. The van der Waals surface area contributed by atoms with Gasteiger partial charge in [0.25, 0.3) is 0 Å². The van der Waals surface area contributed by atoms with Crippen molar-refractivity contribution in [2.24, 2.45) is 11.3 Å². The molecule has 2 amide bonds. The standard InChI is InChI=1S/C13H22N2O3/c1-9(2-5-11(16)17)15-12(18)14-8-13(6-7-13)10-3-4-10/h9-10H,2-8H2,1H3,(H,16,17)(H2,14,15,18). The van der Waals surface area contributed by atoms with Crippen molar-refractivity contribution in [1.82, 2.24) is 10.6 Å². The summed E-state index contributed by atoms with van der Waals surface area (Å²) in [6.07, 6.45) is 5.68. The van der Waals surface area contributed by atoms with Crippen LogP contribution in [0.25, 0.3) is 0 Å². The molecule has 2 saturated carbocycles. The van der Waals surface area contributed by atoms with Gasteiger partial charge in [0.15, 0.2) is 0 Å². The first-order valence-electron chi connectivity index (χ1n) is 6.78. The molecule has 102 valence electrons. The summed E-state index contributed by atoms with van der Waals surface area (Å²) in [5, 5.41) is 14.3. The van der Waals surface area contributed by atoms with Gasteiger partial charge in [-0.1, -0.05) is 0 Å². The van der Waals surface area contributed by atoms with Crippen LogP contribution in [0, 0.1) is 11.3 Å². The Hall–Kier alpha value is -1.26. The molecule has 0 aliphatic heterocycles. The maximum absolute atomic E-state index is 11.6. The van der Waals surface area contributed by atoms with E-state index in [2.05, 4.69) is 10.6 Å². The zero-order valence-corrected chi connectivity index (χ0v) is 10.9. The summed E-state index contributed by atoms with van der Waals surface area (Å²) >= 11 is 0. The summed E-state index contributed by atoms with van der Waals surface area (Å²) in [6, 6.07) is -0.267. The zero-order valence-electron chi connectivity index (χ0n) is 10.9.